The normalized spacial score (nSPS) is 33.6. The number of rotatable bonds is 5. The van der Waals surface area contributed by atoms with E-state index in [9.17, 15) is 4.79 Å². The van der Waals surface area contributed by atoms with E-state index in [-0.39, 0.29) is 17.4 Å². The van der Waals surface area contributed by atoms with E-state index in [1.54, 1.807) is 0 Å². The molecule has 1 amide bonds. The fourth-order valence-electron chi connectivity index (χ4n) is 4.85. The summed E-state index contributed by atoms with van der Waals surface area (Å²) in [7, 11) is 0. The van der Waals surface area contributed by atoms with Gasteiger partial charge in [-0.05, 0) is 30.7 Å². The minimum atomic E-state index is -0.801. The Morgan fingerprint density at radius 1 is 1.27 bits per heavy atom. The highest BCUT2D eigenvalue weighted by Gasteiger charge is 2.64. The Bertz CT molecular complexity index is 630. The van der Waals surface area contributed by atoms with Gasteiger partial charge in [0, 0.05) is 31.5 Å². The van der Waals surface area contributed by atoms with Crippen LogP contribution in [-0.4, -0.2) is 42.1 Å². The lowest BCUT2D eigenvalue weighted by molar-refractivity contribution is -0.180. The van der Waals surface area contributed by atoms with E-state index in [0.717, 1.165) is 25.9 Å². The zero-order valence-electron chi connectivity index (χ0n) is 16.7. The van der Waals surface area contributed by atoms with Gasteiger partial charge in [0.15, 0.2) is 0 Å². The van der Waals surface area contributed by atoms with E-state index in [4.69, 9.17) is 10.5 Å². The first-order valence-corrected chi connectivity index (χ1v) is 10.1. The molecule has 4 unspecified atom stereocenters. The molecule has 0 radical (unpaired) electrons. The summed E-state index contributed by atoms with van der Waals surface area (Å²) in [6, 6.07) is 10.7. The van der Waals surface area contributed by atoms with E-state index in [2.05, 4.69) is 51.1 Å². The smallest absolute Gasteiger partial charge is 0.243 e. The number of carbonyl (C=O) groups excluding carboxylic acids is 1. The third kappa shape index (κ3) is 3.07. The summed E-state index contributed by atoms with van der Waals surface area (Å²) < 4.78 is 5.79. The lowest BCUT2D eigenvalue weighted by Gasteiger charge is -2.59. The summed E-state index contributed by atoms with van der Waals surface area (Å²) in [5.41, 5.74) is 6.91. The molecule has 4 atom stereocenters. The standard InChI is InChI=1S/C22H34N2O2/c1-5-16-15-24(13-12-18(16)17-10-8-7-9-11-17)20(25)22(23)14-19(26-6-2)21(22,3)4/h7-11,16,18-19H,5-6,12-15,23H2,1-4H3. The molecule has 144 valence electrons. The zero-order valence-corrected chi connectivity index (χ0v) is 16.7. The van der Waals surface area contributed by atoms with Crippen LogP contribution in [0, 0.1) is 11.3 Å². The molecule has 1 aliphatic carbocycles. The topological polar surface area (TPSA) is 55.6 Å². The summed E-state index contributed by atoms with van der Waals surface area (Å²) in [6.45, 7) is 10.6. The maximum atomic E-state index is 13.3. The van der Waals surface area contributed by atoms with Gasteiger partial charge in [0.2, 0.25) is 5.91 Å². The molecule has 26 heavy (non-hydrogen) atoms. The Morgan fingerprint density at radius 3 is 2.54 bits per heavy atom. The molecule has 0 bridgehead atoms. The summed E-state index contributed by atoms with van der Waals surface area (Å²) >= 11 is 0. The Hall–Kier alpha value is -1.39. The van der Waals surface area contributed by atoms with Gasteiger partial charge in [-0.25, -0.2) is 0 Å². The molecule has 3 rings (SSSR count). The number of hydrogen-bond donors (Lipinski definition) is 1. The molecule has 0 aromatic heterocycles. The van der Waals surface area contributed by atoms with Crippen molar-refractivity contribution in [2.75, 3.05) is 19.7 Å². The van der Waals surface area contributed by atoms with Crippen molar-refractivity contribution in [1.82, 2.24) is 4.90 Å². The molecule has 1 saturated carbocycles. The number of likely N-dealkylation sites (tertiary alicyclic amines) is 1. The molecule has 2 fully saturated rings. The van der Waals surface area contributed by atoms with Gasteiger partial charge in [0.1, 0.15) is 5.54 Å². The van der Waals surface area contributed by atoms with Crippen LogP contribution in [0.3, 0.4) is 0 Å². The second-order valence-electron chi connectivity index (χ2n) is 8.57. The lowest BCUT2D eigenvalue weighted by Crippen LogP contribution is -2.76. The fraction of sp³-hybridized carbons (Fsp3) is 0.682. The Labute approximate surface area is 158 Å². The first kappa shape index (κ1) is 19.4. The highest BCUT2D eigenvalue weighted by atomic mass is 16.5. The third-order valence-corrected chi connectivity index (χ3v) is 6.98. The van der Waals surface area contributed by atoms with Crippen LogP contribution in [0.2, 0.25) is 0 Å². The van der Waals surface area contributed by atoms with E-state index >= 15 is 0 Å². The number of carbonyl (C=O) groups is 1. The molecule has 2 aliphatic rings. The van der Waals surface area contributed by atoms with Crippen LogP contribution in [0.4, 0.5) is 0 Å². The summed E-state index contributed by atoms with van der Waals surface area (Å²) in [5, 5.41) is 0. The Balaban J connectivity index is 1.71. The number of hydrogen-bond acceptors (Lipinski definition) is 3. The van der Waals surface area contributed by atoms with Crippen molar-refractivity contribution >= 4 is 5.91 Å². The number of ether oxygens (including phenoxy) is 1. The second kappa shape index (κ2) is 7.32. The number of benzene rings is 1. The Morgan fingerprint density at radius 2 is 1.96 bits per heavy atom. The molecule has 0 spiro atoms. The highest BCUT2D eigenvalue weighted by Crippen LogP contribution is 2.51. The third-order valence-electron chi connectivity index (χ3n) is 6.98. The van der Waals surface area contributed by atoms with E-state index in [0.29, 0.717) is 24.9 Å². The number of nitrogens with two attached hydrogens (primary N) is 1. The SMILES string of the molecule is CCOC1CC(N)(C(=O)N2CCC(c3ccccc3)C(CC)C2)C1(C)C. The number of piperidine rings is 1. The van der Waals surface area contributed by atoms with E-state index in [1.807, 2.05) is 11.8 Å². The maximum Gasteiger partial charge on any atom is 0.243 e. The van der Waals surface area contributed by atoms with Crippen LogP contribution in [0.25, 0.3) is 0 Å². The predicted octanol–water partition coefficient (Wildman–Crippen LogP) is 3.56. The molecule has 1 aliphatic heterocycles. The van der Waals surface area contributed by atoms with Gasteiger partial charge in [-0.15, -0.1) is 0 Å². The summed E-state index contributed by atoms with van der Waals surface area (Å²) in [6.07, 6.45) is 2.79. The molecule has 1 aromatic rings. The molecule has 4 heteroatoms. The van der Waals surface area contributed by atoms with Crippen molar-refractivity contribution in [3.8, 4) is 0 Å². The first-order valence-electron chi connectivity index (χ1n) is 10.1. The van der Waals surface area contributed by atoms with Gasteiger partial charge in [0.25, 0.3) is 0 Å². The largest absolute Gasteiger partial charge is 0.378 e. The monoisotopic (exact) mass is 358 g/mol. The van der Waals surface area contributed by atoms with E-state index in [1.165, 1.54) is 5.56 Å². The van der Waals surface area contributed by atoms with Crippen molar-refractivity contribution in [1.29, 1.82) is 0 Å². The minimum Gasteiger partial charge on any atom is -0.378 e. The van der Waals surface area contributed by atoms with Gasteiger partial charge < -0.3 is 15.4 Å². The first-order chi connectivity index (χ1) is 12.3. The van der Waals surface area contributed by atoms with Crippen molar-refractivity contribution in [3.05, 3.63) is 35.9 Å². The van der Waals surface area contributed by atoms with Crippen molar-refractivity contribution in [3.63, 3.8) is 0 Å². The van der Waals surface area contributed by atoms with Crippen LogP contribution in [0.15, 0.2) is 30.3 Å². The number of amides is 1. The van der Waals surface area contributed by atoms with Gasteiger partial charge in [-0.3, -0.25) is 4.79 Å². The molecule has 1 heterocycles. The molecule has 4 nitrogen and oxygen atoms in total. The maximum absolute atomic E-state index is 13.3. The molecule has 1 saturated heterocycles. The Kier molecular flexibility index (Phi) is 5.45. The molecule has 2 N–H and O–H groups in total. The van der Waals surface area contributed by atoms with Crippen LogP contribution < -0.4 is 5.73 Å². The van der Waals surface area contributed by atoms with Crippen LogP contribution >= 0.6 is 0 Å². The zero-order chi connectivity index (χ0) is 18.9. The quantitative estimate of drug-likeness (QED) is 0.875. The van der Waals surface area contributed by atoms with Gasteiger partial charge >= 0.3 is 0 Å². The highest BCUT2D eigenvalue weighted by molar-refractivity contribution is 5.89. The van der Waals surface area contributed by atoms with Crippen molar-refractivity contribution < 1.29 is 9.53 Å². The van der Waals surface area contributed by atoms with Gasteiger partial charge in [0.05, 0.1) is 6.10 Å². The van der Waals surface area contributed by atoms with Crippen LogP contribution in [0.1, 0.15) is 58.4 Å². The van der Waals surface area contributed by atoms with E-state index < -0.39 is 5.54 Å². The van der Waals surface area contributed by atoms with Gasteiger partial charge in [-0.1, -0.05) is 57.5 Å². The summed E-state index contributed by atoms with van der Waals surface area (Å²) in [5.74, 6) is 1.14. The van der Waals surface area contributed by atoms with Crippen LogP contribution in [0.5, 0.6) is 0 Å². The van der Waals surface area contributed by atoms with Crippen LogP contribution in [-0.2, 0) is 9.53 Å². The van der Waals surface area contributed by atoms with Gasteiger partial charge in [-0.2, -0.15) is 0 Å². The lowest BCUT2D eigenvalue weighted by atomic mass is 9.54. The average molecular weight is 359 g/mol. The summed E-state index contributed by atoms with van der Waals surface area (Å²) in [4.78, 5) is 15.3. The van der Waals surface area contributed by atoms with Crippen molar-refractivity contribution in [2.24, 2.45) is 17.1 Å². The molecular formula is C22H34N2O2. The predicted molar refractivity (Wildman–Crippen MR) is 105 cm³/mol. The average Bonchev–Trinajstić information content (AvgIpc) is 2.67. The minimum absolute atomic E-state index is 0.0743. The second-order valence-corrected chi connectivity index (χ2v) is 8.57. The molecular weight excluding hydrogens is 324 g/mol. The molecule has 1 aromatic carbocycles. The number of nitrogens with zero attached hydrogens (tertiary/aromatic N) is 1. The van der Waals surface area contributed by atoms with Crippen molar-refractivity contribution in [2.45, 2.75) is 64.5 Å². The fourth-order valence-corrected chi connectivity index (χ4v) is 4.85.